The van der Waals surface area contributed by atoms with Crippen LogP contribution in [0.5, 0.6) is 0 Å². The van der Waals surface area contributed by atoms with E-state index < -0.39 is 0 Å². The second-order valence-electron chi connectivity index (χ2n) is 5.98. The first-order chi connectivity index (χ1) is 8.13. The van der Waals surface area contributed by atoms with Crippen molar-refractivity contribution in [3.63, 3.8) is 0 Å². The van der Waals surface area contributed by atoms with Crippen LogP contribution in [0.4, 0.5) is 0 Å². The predicted molar refractivity (Wildman–Crippen MR) is 76.8 cm³/mol. The first-order valence-electron chi connectivity index (χ1n) is 7.14. The van der Waals surface area contributed by atoms with Gasteiger partial charge in [0.1, 0.15) is 0 Å². The van der Waals surface area contributed by atoms with Gasteiger partial charge in [-0.1, -0.05) is 19.8 Å². The van der Waals surface area contributed by atoms with E-state index in [1.807, 2.05) is 0 Å². The molecule has 2 aliphatic rings. The molecular weight excluding hydrogens is 248 g/mol. The maximum absolute atomic E-state index is 12.8. The van der Waals surface area contributed by atoms with Gasteiger partial charge in [-0.25, -0.2) is 0 Å². The van der Waals surface area contributed by atoms with Crippen molar-refractivity contribution >= 4 is 18.3 Å². The molecule has 0 aromatic carbocycles. The number of halogens is 1. The summed E-state index contributed by atoms with van der Waals surface area (Å²) in [6.45, 7) is 5.95. The molecule has 1 saturated carbocycles. The molecule has 1 saturated heterocycles. The fraction of sp³-hybridized carbons (Fsp3) is 0.929. The molecule has 2 atom stereocenters. The number of rotatable bonds is 3. The van der Waals surface area contributed by atoms with Gasteiger partial charge in [-0.2, -0.15) is 0 Å². The van der Waals surface area contributed by atoms with E-state index in [4.69, 9.17) is 5.73 Å². The van der Waals surface area contributed by atoms with Crippen molar-refractivity contribution in [2.75, 3.05) is 13.1 Å². The number of amides is 1. The molecule has 0 spiro atoms. The standard InChI is InChI=1S/C14H26N2O.ClH/c1-3-14(6-4-5-7-14)13(17)16-10-12(9-15)8-11(16)2;/h11-12H,3-10,15H2,1-2H3;1H. The molecule has 2 N–H and O–H groups in total. The molecule has 0 bridgehead atoms. The third-order valence-corrected chi connectivity index (χ3v) is 4.95. The molecule has 106 valence electrons. The van der Waals surface area contributed by atoms with E-state index in [0.29, 0.717) is 24.4 Å². The highest BCUT2D eigenvalue weighted by Crippen LogP contribution is 2.43. The fourth-order valence-corrected chi connectivity index (χ4v) is 3.67. The topological polar surface area (TPSA) is 46.3 Å². The Labute approximate surface area is 117 Å². The Hall–Kier alpha value is -0.280. The van der Waals surface area contributed by atoms with Gasteiger partial charge in [0, 0.05) is 18.0 Å². The molecule has 0 aromatic heterocycles. The summed E-state index contributed by atoms with van der Waals surface area (Å²) in [4.78, 5) is 14.9. The van der Waals surface area contributed by atoms with Crippen LogP contribution in [0.25, 0.3) is 0 Å². The number of carbonyl (C=O) groups is 1. The van der Waals surface area contributed by atoms with Crippen molar-refractivity contribution in [1.29, 1.82) is 0 Å². The van der Waals surface area contributed by atoms with E-state index in [1.165, 1.54) is 12.8 Å². The van der Waals surface area contributed by atoms with E-state index in [9.17, 15) is 4.79 Å². The maximum atomic E-state index is 12.8. The Bertz CT molecular complexity index is 290. The lowest BCUT2D eigenvalue weighted by Gasteiger charge is -2.33. The minimum absolute atomic E-state index is 0. The van der Waals surface area contributed by atoms with Crippen molar-refractivity contribution in [3.8, 4) is 0 Å². The number of hydrogen-bond donors (Lipinski definition) is 1. The number of nitrogens with two attached hydrogens (primary N) is 1. The summed E-state index contributed by atoms with van der Waals surface area (Å²) in [5, 5.41) is 0. The normalized spacial score (nSPS) is 30.3. The summed E-state index contributed by atoms with van der Waals surface area (Å²) >= 11 is 0. The molecule has 1 amide bonds. The third-order valence-electron chi connectivity index (χ3n) is 4.95. The van der Waals surface area contributed by atoms with E-state index in [0.717, 1.165) is 32.2 Å². The summed E-state index contributed by atoms with van der Waals surface area (Å²) in [5.41, 5.74) is 5.71. The van der Waals surface area contributed by atoms with E-state index in [2.05, 4.69) is 18.7 Å². The van der Waals surface area contributed by atoms with Crippen LogP contribution in [0, 0.1) is 11.3 Å². The van der Waals surface area contributed by atoms with E-state index in [-0.39, 0.29) is 17.8 Å². The molecular formula is C14H27ClN2O. The highest BCUT2D eigenvalue weighted by molar-refractivity contribution is 5.85. The van der Waals surface area contributed by atoms with Crippen molar-refractivity contribution in [2.45, 2.75) is 58.4 Å². The predicted octanol–water partition coefficient (Wildman–Crippen LogP) is 2.57. The second kappa shape index (κ2) is 6.25. The SMILES string of the molecule is CCC1(C(=O)N2CC(CN)CC2C)CCCC1.Cl. The van der Waals surface area contributed by atoms with Crippen LogP contribution in [0.15, 0.2) is 0 Å². The second-order valence-corrected chi connectivity index (χ2v) is 5.98. The van der Waals surface area contributed by atoms with Gasteiger partial charge in [-0.05, 0) is 45.1 Å². The molecule has 0 radical (unpaired) electrons. The van der Waals surface area contributed by atoms with Gasteiger partial charge in [0.25, 0.3) is 0 Å². The van der Waals surface area contributed by atoms with Crippen LogP contribution >= 0.6 is 12.4 Å². The van der Waals surface area contributed by atoms with Gasteiger partial charge in [0.2, 0.25) is 5.91 Å². The minimum atomic E-state index is -0.0300. The van der Waals surface area contributed by atoms with Crippen LogP contribution in [0.2, 0.25) is 0 Å². The Morgan fingerprint density at radius 2 is 2.00 bits per heavy atom. The molecule has 3 nitrogen and oxygen atoms in total. The lowest BCUT2D eigenvalue weighted by atomic mass is 9.81. The quantitative estimate of drug-likeness (QED) is 0.860. The Balaban J connectivity index is 0.00000162. The maximum Gasteiger partial charge on any atom is 0.229 e. The van der Waals surface area contributed by atoms with Crippen molar-refractivity contribution in [3.05, 3.63) is 0 Å². The average Bonchev–Trinajstić information content (AvgIpc) is 2.95. The number of hydrogen-bond acceptors (Lipinski definition) is 2. The van der Waals surface area contributed by atoms with Gasteiger partial charge in [-0.3, -0.25) is 4.79 Å². The van der Waals surface area contributed by atoms with Crippen LogP contribution in [0.1, 0.15) is 52.4 Å². The van der Waals surface area contributed by atoms with Crippen molar-refractivity contribution in [1.82, 2.24) is 4.90 Å². The first kappa shape index (κ1) is 15.8. The molecule has 1 heterocycles. The van der Waals surface area contributed by atoms with Gasteiger partial charge < -0.3 is 10.6 Å². The summed E-state index contributed by atoms with van der Waals surface area (Å²) in [6, 6.07) is 0.389. The molecule has 0 aromatic rings. The van der Waals surface area contributed by atoms with Gasteiger partial charge >= 0.3 is 0 Å². The highest BCUT2D eigenvalue weighted by atomic mass is 35.5. The lowest BCUT2D eigenvalue weighted by Crippen LogP contribution is -2.44. The fourth-order valence-electron chi connectivity index (χ4n) is 3.67. The van der Waals surface area contributed by atoms with Crippen molar-refractivity contribution in [2.24, 2.45) is 17.1 Å². The monoisotopic (exact) mass is 274 g/mol. The zero-order valence-electron chi connectivity index (χ0n) is 11.7. The Kier molecular flexibility index (Phi) is 5.47. The zero-order chi connectivity index (χ0) is 12.5. The highest BCUT2D eigenvalue weighted by Gasteiger charge is 2.45. The van der Waals surface area contributed by atoms with Gasteiger partial charge in [0.15, 0.2) is 0 Å². The Morgan fingerprint density at radius 3 is 2.44 bits per heavy atom. The van der Waals surface area contributed by atoms with Crippen LogP contribution < -0.4 is 5.73 Å². The van der Waals surface area contributed by atoms with Crippen LogP contribution in [-0.2, 0) is 4.79 Å². The van der Waals surface area contributed by atoms with Gasteiger partial charge in [0.05, 0.1) is 0 Å². The summed E-state index contributed by atoms with van der Waals surface area (Å²) in [6.07, 6.45) is 6.73. The number of likely N-dealkylation sites (tertiary alicyclic amines) is 1. The summed E-state index contributed by atoms with van der Waals surface area (Å²) in [5.74, 6) is 0.935. The largest absolute Gasteiger partial charge is 0.339 e. The number of carbonyl (C=O) groups excluding carboxylic acids is 1. The van der Waals surface area contributed by atoms with Crippen LogP contribution in [0.3, 0.4) is 0 Å². The molecule has 2 fully saturated rings. The Morgan fingerprint density at radius 1 is 1.39 bits per heavy atom. The van der Waals surface area contributed by atoms with Crippen LogP contribution in [-0.4, -0.2) is 29.9 Å². The number of nitrogens with zero attached hydrogens (tertiary/aromatic N) is 1. The first-order valence-corrected chi connectivity index (χ1v) is 7.14. The molecule has 18 heavy (non-hydrogen) atoms. The minimum Gasteiger partial charge on any atom is -0.339 e. The molecule has 2 rings (SSSR count). The average molecular weight is 275 g/mol. The van der Waals surface area contributed by atoms with Gasteiger partial charge in [-0.15, -0.1) is 12.4 Å². The zero-order valence-corrected chi connectivity index (χ0v) is 12.5. The summed E-state index contributed by atoms with van der Waals surface area (Å²) in [7, 11) is 0. The van der Waals surface area contributed by atoms with E-state index in [1.54, 1.807) is 0 Å². The van der Waals surface area contributed by atoms with E-state index >= 15 is 0 Å². The third kappa shape index (κ3) is 2.67. The lowest BCUT2D eigenvalue weighted by molar-refractivity contribution is -0.142. The molecule has 1 aliphatic heterocycles. The van der Waals surface area contributed by atoms with Crippen molar-refractivity contribution < 1.29 is 4.79 Å². The molecule has 4 heteroatoms. The summed E-state index contributed by atoms with van der Waals surface area (Å²) < 4.78 is 0. The molecule has 1 aliphatic carbocycles. The smallest absolute Gasteiger partial charge is 0.229 e. The molecule has 2 unspecified atom stereocenters.